The van der Waals surface area contributed by atoms with Crippen molar-refractivity contribution in [3.05, 3.63) is 35.2 Å². The smallest absolute Gasteiger partial charge is 0.237 e. The van der Waals surface area contributed by atoms with Crippen LogP contribution in [0.1, 0.15) is 4.88 Å². The van der Waals surface area contributed by atoms with Gasteiger partial charge in [-0.2, -0.15) is 4.99 Å². The van der Waals surface area contributed by atoms with Gasteiger partial charge in [0.15, 0.2) is 5.58 Å². The summed E-state index contributed by atoms with van der Waals surface area (Å²) in [6, 6.07) is 9.77. The van der Waals surface area contributed by atoms with Gasteiger partial charge >= 0.3 is 0 Å². The van der Waals surface area contributed by atoms with Crippen molar-refractivity contribution < 1.29 is 9.15 Å². The minimum absolute atomic E-state index is 0.645. The van der Waals surface area contributed by atoms with Crippen LogP contribution in [0.15, 0.2) is 39.7 Å². The van der Waals surface area contributed by atoms with E-state index >= 15 is 0 Å². The number of isothiocyanates is 1. The first-order chi connectivity index (χ1) is 11.8. The lowest BCUT2D eigenvalue weighted by Gasteiger charge is -2.25. The van der Waals surface area contributed by atoms with Crippen molar-refractivity contribution in [2.75, 3.05) is 26.3 Å². The predicted octanol–water partition coefficient (Wildman–Crippen LogP) is 4.12. The van der Waals surface area contributed by atoms with Crippen molar-refractivity contribution >= 4 is 45.5 Å². The summed E-state index contributed by atoms with van der Waals surface area (Å²) in [5.41, 5.74) is 2.26. The fourth-order valence-corrected chi connectivity index (χ4v) is 3.78. The van der Waals surface area contributed by atoms with Crippen LogP contribution in [0.4, 0.5) is 5.69 Å². The van der Waals surface area contributed by atoms with Crippen molar-refractivity contribution in [2.45, 2.75) is 6.54 Å². The Morgan fingerprint density at radius 1 is 1.25 bits per heavy atom. The second-order valence-electron chi connectivity index (χ2n) is 5.53. The molecule has 1 aromatic carbocycles. The lowest BCUT2D eigenvalue weighted by atomic mass is 10.3. The first-order valence-corrected chi connectivity index (χ1v) is 8.92. The van der Waals surface area contributed by atoms with E-state index in [9.17, 15) is 0 Å². The molecule has 4 rings (SSSR count). The molecule has 0 aliphatic carbocycles. The van der Waals surface area contributed by atoms with E-state index in [4.69, 9.17) is 9.15 Å². The SMILES string of the molecule is S=C=Nc1ccc2oc(-c3ccc(CN4CCOCC4)s3)nc2c1. The van der Waals surface area contributed by atoms with Crippen LogP contribution in [0.5, 0.6) is 0 Å². The van der Waals surface area contributed by atoms with Crippen LogP contribution in [0.2, 0.25) is 0 Å². The average molecular weight is 357 g/mol. The number of aromatic nitrogens is 1. The number of morpholine rings is 1. The van der Waals surface area contributed by atoms with E-state index in [2.05, 4.69) is 44.4 Å². The molecule has 0 saturated carbocycles. The number of fused-ring (bicyclic) bond motifs is 1. The molecule has 3 heterocycles. The summed E-state index contributed by atoms with van der Waals surface area (Å²) in [4.78, 5) is 13.3. The summed E-state index contributed by atoms with van der Waals surface area (Å²) in [5, 5.41) is 2.37. The van der Waals surface area contributed by atoms with E-state index in [1.54, 1.807) is 11.3 Å². The largest absolute Gasteiger partial charge is 0.435 e. The van der Waals surface area contributed by atoms with Crippen molar-refractivity contribution in [1.29, 1.82) is 0 Å². The van der Waals surface area contributed by atoms with E-state index in [-0.39, 0.29) is 0 Å². The maximum atomic E-state index is 5.87. The number of hydrogen-bond donors (Lipinski definition) is 0. The highest BCUT2D eigenvalue weighted by Crippen LogP contribution is 2.32. The number of ether oxygens (including phenoxy) is 1. The van der Waals surface area contributed by atoms with Crippen LogP contribution in [0.3, 0.4) is 0 Å². The van der Waals surface area contributed by atoms with Crippen LogP contribution in [-0.4, -0.2) is 41.3 Å². The minimum atomic E-state index is 0.645. The number of aliphatic imine (C=N–C) groups is 1. The van der Waals surface area contributed by atoms with Crippen LogP contribution in [0.25, 0.3) is 21.9 Å². The third-order valence-corrected chi connectivity index (χ3v) is 5.05. The Hall–Kier alpha value is -1.89. The van der Waals surface area contributed by atoms with Crippen LogP contribution < -0.4 is 0 Å². The molecular formula is C17H15N3O2S2. The van der Waals surface area contributed by atoms with E-state index < -0.39 is 0 Å². The fraction of sp³-hybridized carbons (Fsp3) is 0.294. The molecule has 0 atom stereocenters. The normalized spacial score (nSPS) is 15.5. The van der Waals surface area contributed by atoms with E-state index in [1.807, 2.05) is 18.2 Å². The first-order valence-electron chi connectivity index (χ1n) is 7.69. The van der Waals surface area contributed by atoms with Gasteiger partial charge in [0, 0.05) is 24.5 Å². The summed E-state index contributed by atoms with van der Waals surface area (Å²) in [5.74, 6) is 0.645. The topological polar surface area (TPSA) is 50.9 Å². The van der Waals surface area contributed by atoms with Gasteiger partial charge < -0.3 is 9.15 Å². The molecule has 0 radical (unpaired) electrons. The number of oxazole rings is 1. The molecular weight excluding hydrogens is 342 g/mol. The lowest BCUT2D eigenvalue weighted by molar-refractivity contribution is 0.0346. The fourth-order valence-electron chi connectivity index (χ4n) is 2.70. The Bertz CT molecular complexity index is 906. The first kappa shape index (κ1) is 15.6. The van der Waals surface area contributed by atoms with Gasteiger partial charge in [-0.15, -0.1) is 11.3 Å². The Balaban J connectivity index is 1.57. The molecule has 1 saturated heterocycles. The molecule has 24 heavy (non-hydrogen) atoms. The maximum absolute atomic E-state index is 5.87. The minimum Gasteiger partial charge on any atom is -0.435 e. The number of hydrogen-bond acceptors (Lipinski definition) is 7. The van der Waals surface area contributed by atoms with Gasteiger partial charge in [-0.25, -0.2) is 4.98 Å². The number of benzene rings is 1. The van der Waals surface area contributed by atoms with Crippen molar-refractivity contribution in [1.82, 2.24) is 9.88 Å². The summed E-state index contributed by atoms with van der Waals surface area (Å²) < 4.78 is 11.3. The summed E-state index contributed by atoms with van der Waals surface area (Å²) in [6.45, 7) is 4.55. The van der Waals surface area contributed by atoms with E-state index in [0.717, 1.165) is 54.5 Å². The molecule has 0 N–H and O–H groups in total. The van der Waals surface area contributed by atoms with E-state index in [0.29, 0.717) is 5.89 Å². The third kappa shape index (κ3) is 3.31. The van der Waals surface area contributed by atoms with Crippen LogP contribution in [0, 0.1) is 0 Å². The molecule has 2 aromatic heterocycles. The third-order valence-electron chi connectivity index (χ3n) is 3.90. The predicted molar refractivity (Wildman–Crippen MR) is 98.1 cm³/mol. The number of thiophene rings is 1. The lowest BCUT2D eigenvalue weighted by Crippen LogP contribution is -2.35. The van der Waals surface area contributed by atoms with Gasteiger partial charge in [0.05, 0.1) is 28.9 Å². The van der Waals surface area contributed by atoms with Gasteiger partial charge in [-0.1, -0.05) is 0 Å². The van der Waals surface area contributed by atoms with Crippen LogP contribution >= 0.6 is 23.6 Å². The van der Waals surface area contributed by atoms with Crippen LogP contribution in [-0.2, 0) is 11.3 Å². The maximum Gasteiger partial charge on any atom is 0.237 e. The van der Waals surface area contributed by atoms with Gasteiger partial charge in [0.2, 0.25) is 5.89 Å². The molecule has 0 spiro atoms. The molecule has 1 aliphatic heterocycles. The highest BCUT2D eigenvalue weighted by molar-refractivity contribution is 7.78. The summed E-state index contributed by atoms with van der Waals surface area (Å²) in [6.07, 6.45) is 0. The molecule has 0 unspecified atom stereocenters. The molecule has 5 nitrogen and oxygen atoms in total. The Labute approximate surface area is 148 Å². The molecule has 1 aliphatic rings. The summed E-state index contributed by atoms with van der Waals surface area (Å²) >= 11 is 6.36. The van der Waals surface area contributed by atoms with Crippen molar-refractivity contribution in [3.63, 3.8) is 0 Å². The van der Waals surface area contributed by atoms with Gasteiger partial charge in [-0.05, 0) is 42.5 Å². The highest BCUT2D eigenvalue weighted by atomic mass is 32.1. The standard InChI is InChI=1S/C17H15N3O2S2/c23-11-18-12-1-3-15-14(9-12)19-17(22-15)16-4-2-13(24-16)10-20-5-7-21-8-6-20/h1-4,9H,5-8,10H2. The molecule has 0 amide bonds. The Kier molecular flexibility index (Phi) is 4.51. The second kappa shape index (κ2) is 6.93. The Morgan fingerprint density at radius 3 is 2.96 bits per heavy atom. The average Bonchev–Trinajstić information content (AvgIpc) is 3.22. The highest BCUT2D eigenvalue weighted by Gasteiger charge is 2.14. The van der Waals surface area contributed by atoms with Gasteiger partial charge in [0.25, 0.3) is 0 Å². The quantitative estimate of drug-likeness (QED) is 0.519. The molecule has 122 valence electrons. The zero-order chi connectivity index (χ0) is 16.4. The molecule has 0 bridgehead atoms. The number of nitrogens with zero attached hydrogens (tertiary/aromatic N) is 3. The van der Waals surface area contributed by atoms with Crippen molar-refractivity contribution in [3.8, 4) is 10.8 Å². The second-order valence-corrected chi connectivity index (χ2v) is 6.88. The monoisotopic (exact) mass is 357 g/mol. The zero-order valence-corrected chi connectivity index (χ0v) is 14.5. The molecule has 7 heteroatoms. The summed E-state index contributed by atoms with van der Waals surface area (Å²) in [7, 11) is 0. The van der Waals surface area contributed by atoms with Crippen molar-refractivity contribution in [2.24, 2.45) is 4.99 Å². The number of rotatable bonds is 4. The molecule has 1 fully saturated rings. The van der Waals surface area contributed by atoms with E-state index in [1.165, 1.54) is 4.88 Å². The van der Waals surface area contributed by atoms with Gasteiger partial charge in [0.1, 0.15) is 5.52 Å². The Morgan fingerprint density at radius 2 is 2.12 bits per heavy atom. The zero-order valence-electron chi connectivity index (χ0n) is 12.9. The van der Waals surface area contributed by atoms with Gasteiger partial charge in [-0.3, -0.25) is 4.90 Å². The number of thiocarbonyl (C=S) groups is 1. The molecule has 3 aromatic rings.